The van der Waals surface area contributed by atoms with Crippen molar-refractivity contribution < 1.29 is 12.8 Å². The zero-order valence-corrected chi connectivity index (χ0v) is 18.3. The van der Waals surface area contributed by atoms with E-state index in [0.717, 1.165) is 15.6 Å². The summed E-state index contributed by atoms with van der Waals surface area (Å²) in [6.45, 7) is 1.60. The van der Waals surface area contributed by atoms with E-state index in [2.05, 4.69) is 21.4 Å². The molecule has 1 atom stereocenters. The van der Waals surface area contributed by atoms with Crippen molar-refractivity contribution in [2.24, 2.45) is 4.99 Å². The molecular formula is C21H18FN5O2S2. The topological polar surface area (TPSA) is 98.4 Å². The van der Waals surface area contributed by atoms with Gasteiger partial charge in [0.2, 0.25) is 10.0 Å². The first-order valence-electron chi connectivity index (χ1n) is 9.24. The standard InChI is InChI=1S/C21H18FN5O2S2/c1-21(12-31(28,29)27(2)13-24-21)17-9-16(7-8-18(17)22)25-20-26-19(11-30-20)15-5-3-14(10-23)4-6-15/h3-9,11,13H,12H2,1-2H3,(H,25,26). The van der Waals surface area contributed by atoms with Crippen molar-refractivity contribution in [1.82, 2.24) is 9.29 Å². The Morgan fingerprint density at radius 3 is 2.68 bits per heavy atom. The van der Waals surface area contributed by atoms with Crippen LogP contribution in [0.25, 0.3) is 11.3 Å². The predicted molar refractivity (Wildman–Crippen MR) is 119 cm³/mol. The van der Waals surface area contributed by atoms with Gasteiger partial charge in [0, 0.05) is 29.2 Å². The number of thiazole rings is 1. The highest BCUT2D eigenvalue weighted by atomic mass is 32.2. The minimum Gasteiger partial charge on any atom is -0.332 e. The van der Waals surface area contributed by atoms with Crippen LogP contribution in [0, 0.1) is 17.1 Å². The highest BCUT2D eigenvalue weighted by Crippen LogP contribution is 2.35. The Kier molecular flexibility index (Phi) is 5.24. The largest absolute Gasteiger partial charge is 0.332 e. The Hall–Kier alpha value is -3.29. The number of nitrogens with zero attached hydrogens (tertiary/aromatic N) is 4. The number of aromatic nitrogens is 1. The van der Waals surface area contributed by atoms with E-state index in [9.17, 15) is 12.8 Å². The summed E-state index contributed by atoms with van der Waals surface area (Å²) in [5.74, 6) is -0.852. The number of halogens is 1. The SMILES string of the molecule is CN1C=NC(C)(c2cc(Nc3nc(-c4ccc(C#N)cc4)cs3)ccc2F)CS1(=O)=O. The van der Waals surface area contributed by atoms with Crippen LogP contribution < -0.4 is 5.32 Å². The van der Waals surface area contributed by atoms with Crippen LogP contribution in [-0.2, 0) is 15.6 Å². The molecule has 10 heteroatoms. The summed E-state index contributed by atoms with van der Waals surface area (Å²) in [6.07, 6.45) is 1.21. The van der Waals surface area contributed by atoms with Crippen LogP contribution in [0.3, 0.4) is 0 Å². The van der Waals surface area contributed by atoms with Gasteiger partial charge in [-0.2, -0.15) is 5.26 Å². The molecule has 1 unspecified atom stereocenters. The van der Waals surface area contributed by atoms with Gasteiger partial charge in [-0.25, -0.2) is 17.8 Å². The lowest BCUT2D eigenvalue weighted by atomic mass is 9.93. The average Bonchev–Trinajstić information content (AvgIpc) is 3.20. The van der Waals surface area contributed by atoms with E-state index in [4.69, 9.17) is 5.26 Å². The fraction of sp³-hybridized carbons (Fsp3) is 0.190. The molecule has 0 amide bonds. The molecule has 0 saturated heterocycles. The lowest BCUT2D eigenvalue weighted by Crippen LogP contribution is -2.43. The Bertz CT molecular complexity index is 1310. The summed E-state index contributed by atoms with van der Waals surface area (Å²) >= 11 is 1.38. The molecule has 0 spiro atoms. The van der Waals surface area contributed by atoms with Crippen molar-refractivity contribution >= 4 is 38.5 Å². The second-order valence-corrected chi connectivity index (χ2v) is 10.2. The molecule has 3 aromatic rings. The van der Waals surface area contributed by atoms with E-state index in [1.54, 1.807) is 31.2 Å². The van der Waals surface area contributed by atoms with Gasteiger partial charge < -0.3 is 5.32 Å². The molecule has 1 aromatic heterocycles. The van der Waals surface area contributed by atoms with E-state index < -0.39 is 21.4 Å². The van der Waals surface area contributed by atoms with Crippen LogP contribution in [0.2, 0.25) is 0 Å². The number of hydrogen-bond donors (Lipinski definition) is 1. The summed E-state index contributed by atoms with van der Waals surface area (Å²) in [4.78, 5) is 8.84. The third-order valence-electron chi connectivity index (χ3n) is 5.02. The molecule has 0 bridgehead atoms. The summed E-state index contributed by atoms with van der Waals surface area (Å²) in [5, 5.41) is 14.5. The monoisotopic (exact) mass is 455 g/mol. The number of hydrogen-bond acceptors (Lipinski definition) is 7. The molecule has 2 aromatic carbocycles. The molecule has 1 N–H and O–H groups in total. The van der Waals surface area contributed by atoms with Gasteiger partial charge in [-0.15, -0.1) is 11.3 Å². The van der Waals surface area contributed by atoms with Gasteiger partial charge in [0.1, 0.15) is 11.4 Å². The van der Waals surface area contributed by atoms with Crippen LogP contribution >= 0.6 is 11.3 Å². The predicted octanol–water partition coefficient (Wildman–Crippen LogP) is 4.08. The first-order chi connectivity index (χ1) is 14.7. The lowest BCUT2D eigenvalue weighted by molar-refractivity contribution is 0.465. The molecule has 2 heterocycles. The number of rotatable bonds is 4. The van der Waals surface area contributed by atoms with Gasteiger partial charge in [-0.3, -0.25) is 9.30 Å². The highest BCUT2D eigenvalue weighted by molar-refractivity contribution is 7.89. The molecule has 1 aliphatic heterocycles. The fourth-order valence-electron chi connectivity index (χ4n) is 3.24. The van der Waals surface area contributed by atoms with Crippen molar-refractivity contribution in [2.75, 3.05) is 18.1 Å². The first kappa shape index (κ1) is 21.0. The van der Waals surface area contributed by atoms with Gasteiger partial charge in [0.05, 0.1) is 29.4 Å². The quantitative estimate of drug-likeness (QED) is 0.639. The molecule has 0 fully saturated rings. The molecule has 0 aliphatic carbocycles. The van der Waals surface area contributed by atoms with E-state index in [0.29, 0.717) is 16.4 Å². The van der Waals surface area contributed by atoms with Crippen molar-refractivity contribution in [3.63, 3.8) is 0 Å². The summed E-state index contributed by atoms with van der Waals surface area (Å²) in [5.41, 5.74) is 1.73. The second kappa shape index (κ2) is 7.76. The Labute approximate surface area is 183 Å². The van der Waals surface area contributed by atoms with Gasteiger partial charge in [-0.1, -0.05) is 12.1 Å². The highest BCUT2D eigenvalue weighted by Gasteiger charge is 2.39. The van der Waals surface area contributed by atoms with Crippen molar-refractivity contribution in [3.05, 3.63) is 64.8 Å². The maximum Gasteiger partial charge on any atom is 0.238 e. The third-order valence-corrected chi connectivity index (χ3v) is 7.68. The van der Waals surface area contributed by atoms with Crippen molar-refractivity contribution in [1.29, 1.82) is 5.26 Å². The number of anilines is 2. The Balaban J connectivity index is 1.61. The molecular weight excluding hydrogens is 437 g/mol. The van der Waals surface area contributed by atoms with Crippen molar-refractivity contribution in [2.45, 2.75) is 12.5 Å². The fourth-order valence-corrected chi connectivity index (χ4v) is 5.32. The molecule has 31 heavy (non-hydrogen) atoms. The van der Waals surface area contributed by atoms with Gasteiger partial charge in [0.25, 0.3) is 0 Å². The first-order valence-corrected chi connectivity index (χ1v) is 11.7. The van der Waals surface area contributed by atoms with E-state index in [1.165, 1.54) is 30.8 Å². The lowest BCUT2D eigenvalue weighted by Gasteiger charge is -2.32. The number of aliphatic imine (C=N–C) groups is 1. The number of sulfonamides is 1. The van der Waals surface area contributed by atoms with E-state index in [-0.39, 0.29) is 11.3 Å². The third kappa shape index (κ3) is 4.15. The second-order valence-electron chi connectivity index (χ2n) is 7.34. The molecule has 0 radical (unpaired) electrons. The van der Waals surface area contributed by atoms with Gasteiger partial charge >= 0.3 is 0 Å². The minimum absolute atomic E-state index is 0.189. The summed E-state index contributed by atoms with van der Waals surface area (Å²) < 4.78 is 40.3. The van der Waals surface area contributed by atoms with E-state index in [1.807, 2.05) is 17.5 Å². The maximum absolute atomic E-state index is 14.6. The number of nitrogens with one attached hydrogen (secondary N) is 1. The summed E-state index contributed by atoms with van der Waals surface area (Å²) in [6, 6.07) is 13.6. The van der Waals surface area contributed by atoms with Crippen LogP contribution in [0.5, 0.6) is 0 Å². The zero-order valence-electron chi connectivity index (χ0n) is 16.7. The molecule has 7 nitrogen and oxygen atoms in total. The Morgan fingerprint density at radius 1 is 1.26 bits per heavy atom. The number of benzene rings is 2. The summed E-state index contributed by atoms with van der Waals surface area (Å²) in [7, 11) is -2.17. The zero-order chi connectivity index (χ0) is 22.2. The molecule has 0 saturated carbocycles. The average molecular weight is 456 g/mol. The Morgan fingerprint density at radius 2 is 2.00 bits per heavy atom. The van der Waals surface area contributed by atoms with Gasteiger partial charge in [0.15, 0.2) is 5.13 Å². The number of nitriles is 1. The smallest absolute Gasteiger partial charge is 0.238 e. The normalized spacial score (nSPS) is 19.7. The van der Waals surface area contributed by atoms with Crippen LogP contribution in [0.1, 0.15) is 18.1 Å². The van der Waals surface area contributed by atoms with Gasteiger partial charge in [-0.05, 0) is 37.3 Å². The van der Waals surface area contributed by atoms with Crippen molar-refractivity contribution in [3.8, 4) is 17.3 Å². The minimum atomic E-state index is -3.57. The van der Waals surface area contributed by atoms with Crippen LogP contribution in [0.15, 0.2) is 52.8 Å². The molecule has 4 rings (SSSR count). The molecule has 1 aliphatic rings. The van der Waals surface area contributed by atoms with E-state index >= 15 is 0 Å². The maximum atomic E-state index is 14.6. The van der Waals surface area contributed by atoms with Crippen LogP contribution in [0.4, 0.5) is 15.2 Å². The van der Waals surface area contributed by atoms with Crippen LogP contribution in [-0.4, -0.2) is 36.8 Å². The molecule has 158 valence electrons.